The van der Waals surface area contributed by atoms with Gasteiger partial charge >= 0.3 is 0 Å². The highest BCUT2D eigenvalue weighted by molar-refractivity contribution is 6.42. The van der Waals surface area contributed by atoms with E-state index in [0.29, 0.717) is 11.5 Å². The van der Waals surface area contributed by atoms with E-state index in [1.165, 1.54) is 24.8 Å². The highest BCUT2D eigenvalue weighted by Crippen LogP contribution is 2.28. The quantitative estimate of drug-likeness (QED) is 0.604. The second-order valence-electron chi connectivity index (χ2n) is 3.25. The Morgan fingerprint density at radius 3 is 2.42 bits per heavy atom. The normalized spacial score (nSPS) is 17.7. The molecule has 0 atom stereocenters. The molecule has 0 saturated heterocycles. The van der Waals surface area contributed by atoms with Crippen molar-refractivity contribution in [2.75, 3.05) is 0 Å². The molecule has 0 bridgehead atoms. The van der Waals surface area contributed by atoms with Crippen molar-refractivity contribution in [2.24, 2.45) is 0 Å². The Hall–Kier alpha value is -0.300. The van der Waals surface area contributed by atoms with Crippen LogP contribution in [0.3, 0.4) is 0 Å². The molecule has 0 aromatic rings. The number of ketones is 1. The summed E-state index contributed by atoms with van der Waals surface area (Å²) in [4.78, 5) is 11.2. The van der Waals surface area contributed by atoms with Gasteiger partial charge in [-0.05, 0) is 31.3 Å². The van der Waals surface area contributed by atoms with Gasteiger partial charge in [0, 0.05) is 6.42 Å². The van der Waals surface area contributed by atoms with Gasteiger partial charge < -0.3 is 0 Å². The summed E-state index contributed by atoms with van der Waals surface area (Å²) < 4.78 is 0. The summed E-state index contributed by atoms with van der Waals surface area (Å²) >= 11 is 5.94. The fourth-order valence-electron chi connectivity index (χ4n) is 1.55. The SMILES string of the molecule is CCC(=O)C(Cl)=C1CCCCC1. The van der Waals surface area contributed by atoms with E-state index in [9.17, 15) is 4.79 Å². The van der Waals surface area contributed by atoms with Crippen LogP contribution in [0.1, 0.15) is 45.4 Å². The first kappa shape index (κ1) is 9.79. The average molecular weight is 187 g/mol. The van der Waals surface area contributed by atoms with Crippen LogP contribution in [0.4, 0.5) is 0 Å². The van der Waals surface area contributed by atoms with E-state index in [-0.39, 0.29) is 5.78 Å². The Kier molecular flexibility index (Phi) is 3.80. The standard InChI is InChI=1S/C10H15ClO/c1-2-9(12)10(11)8-6-4-3-5-7-8/h2-7H2,1H3. The lowest BCUT2D eigenvalue weighted by molar-refractivity contribution is -0.114. The van der Waals surface area contributed by atoms with Crippen molar-refractivity contribution < 1.29 is 4.79 Å². The predicted molar refractivity (Wildman–Crippen MR) is 51.3 cm³/mol. The maximum absolute atomic E-state index is 11.2. The summed E-state index contributed by atoms with van der Waals surface area (Å²) in [6.07, 6.45) is 6.27. The number of carbonyl (C=O) groups is 1. The molecule has 68 valence electrons. The maximum Gasteiger partial charge on any atom is 0.173 e. The molecular weight excluding hydrogens is 172 g/mol. The molecule has 0 spiro atoms. The fraction of sp³-hybridized carbons (Fsp3) is 0.700. The Balaban J connectivity index is 2.66. The van der Waals surface area contributed by atoms with Gasteiger partial charge in [0.25, 0.3) is 0 Å². The van der Waals surface area contributed by atoms with Crippen LogP contribution in [0.25, 0.3) is 0 Å². The largest absolute Gasteiger partial charge is 0.293 e. The van der Waals surface area contributed by atoms with Crippen molar-refractivity contribution in [3.63, 3.8) is 0 Å². The Bertz CT molecular complexity index is 198. The van der Waals surface area contributed by atoms with Gasteiger partial charge in [0.15, 0.2) is 5.78 Å². The second kappa shape index (κ2) is 4.66. The molecule has 0 aromatic carbocycles. The van der Waals surface area contributed by atoms with Gasteiger partial charge in [-0.25, -0.2) is 0 Å². The van der Waals surface area contributed by atoms with E-state index in [4.69, 9.17) is 11.6 Å². The third-order valence-corrected chi connectivity index (χ3v) is 2.81. The molecule has 1 fully saturated rings. The third-order valence-electron chi connectivity index (χ3n) is 2.33. The van der Waals surface area contributed by atoms with Gasteiger partial charge in [0.1, 0.15) is 0 Å². The van der Waals surface area contributed by atoms with Crippen LogP contribution in [0.15, 0.2) is 10.6 Å². The molecule has 1 rings (SSSR count). The summed E-state index contributed by atoms with van der Waals surface area (Å²) in [6.45, 7) is 1.86. The lowest BCUT2D eigenvalue weighted by Crippen LogP contribution is -2.02. The number of Topliss-reactive ketones (excluding diaryl/α,β-unsaturated/α-hetero) is 1. The van der Waals surface area contributed by atoms with Crippen molar-refractivity contribution in [1.29, 1.82) is 0 Å². The molecule has 0 aliphatic heterocycles. The van der Waals surface area contributed by atoms with Gasteiger partial charge in [-0.15, -0.1) is 0 Å². The lowest BCUT2D eigenvalue weighted by Gasteiger charge is -2.14. The van der Waals surface area contributed by atoms with Crippen LogP contribution in [0, 0.1) is 0 Å². The minimum Gasteiger partial charge on any atom is -0.293 e. The molecule has 1 nitrogen and oxygen atoms in total. The van der Waals surface area contributed by atoms with Gasteiger partial charge in [0.2, 0.25) is 0 Å². The Morgan fingerprint density at radius 1 is 1.33 bits per heavy atom. The van der Waals surface area contributed by atoms with Gasteiger partial charge in [0.05, 0.1) is 5.03 Å². The smallest absolute Gasteiger partial charge is 0.173 e. The lowest BCUT2D eigenvalue weighted by atomic mass is 9.93. The van der Waals surface area contributed by atoms with Crippen molar-refractivity contribution in [3.05, 3.63) is 10.6 Å². The summed E-state index contributed by atoms with van der Waals surface area (Å²) in [5.41, 5.74) is 1.19. The molecule has 0 radical (unpaired) electrons. The number of halogens is 1. The van der Waals surface area contributed by atoms with E-state index < -0.39 is 0 Å². The molecule has 12 heavy (non-hydrogen) atoms. The van der Waals surface area contributed by atoms with Crippen LogP contribution in [-0.2, 0) is 4.79 Å². The summed E-state index contributed by atoms with van der Waals surface area (Å²) in [5.74, 6) is 0.105. The van der Waals surface area contributed by atoms with Crippen LogP contribution in [0.2, 0.25) is 0 Å². The summed E-state index contributed by atoms with van der Waals surface area (Å²) in [7, 11) is 0. The molecule has 2 heteroatoms. The summed E-state index contributed by atoms with van der Waals surface area (Å²) in [5, 5.41) is 0.525. The maximum atomic E-state index is 11.2. The second-order valence-corrected chi connectivity index (χ2v) is 3.63. The van der Waals surface area contributed by atoms with E-state index in [2.05, 4.69) is 0 Å². The van der Waals surface area contributed by atoms with E-state index in [1.54, 1.807) is 0 Å². The molecule has 0 N–H and O–H groups in total. The van der Waals surface area contributed by atoms with Crippen LogP contribution < -0.4 is 0 Å². The van der Waals surface area contributed by atoms with Crippen molar-refractivity contribution in [1.82, 2.24) is 0 Å². The monoisotopic (exact) mass is 186 g/mol. The van der Waals surface area contributed by atoms with Gasteiger partial charge in [-0.2, -0.15) is 0 Å². The van der Waals surface area contributed by atoms with Crippen LogP contribution in [0.5, 0.6) is 0 Å². The van der Waals surface area contributed by atoms with Crippen LogP contribution >= 0.6 is 11.6 Å². The van der Waals surface area contributed by atoms with E-state index in [1.807, 2.05) is 6.92 Å². The Morgan fingerprint density at radius 2 is 1.92 bits per heavy atom. The molecule has 0 heterocycles. The zero-order valence-corrected chi connectivity index (χ0v) is 8.28. The first-order valence-electron chi connectivity index (χ1n) is 4.66. The topological polar surface area (TPSA) is 17.1 Å². The van der Waals surface area contributed by atoms with Crippen molar-refractivity contribution in [3.8, 4) is 0 Å². The number of carbonyl (C=O) groups excluding carboxylic acids is 1. The predicted octanol–water partition coefficient (Wildman–Crippen LogP) is 3.42. The molecule has 0 aromatic heterocycles. The van der Waals surface area contributed by atoms with Crippen molar-refractivity contribution >= 4 is 17.4 Å². The van der Waals surface area contributed by atoms with Gasteiger partial charge in [-0.3, -0.25) is 4.79 Å². The number of allylic oxidation sites excluding steroid dienone is 2. The minimum absolute atomic E-state index is 0.105. The molecular formula is C10H15ClO. The third kappa shape index (κ3) is 2.34. The zero-order chi connectivity index (χ0) is 8.97. The Labute approximate surface area is 78.8 Å². The minimum atomic E-state index is 0.105. The molecule has 1 aliphatic carbocycles. The van der Waals surface area contributed by atoms with Gasteiger partial charge in [-0.1, -0.05) is 24.9 Å². The highest BCUT2D eigenvalue weighted by atomic mass is 35.5. The fourth-order valence-corrected chi connectivity index (χ4v) is 1.87. The number of hydrogen-bond acceptors (Lipinski definition) is 1. The zero-order valence-electron chi connectivity index (χ0n) is 7.53. The average Bonchev–Trinajstić information content (AvgIpc) is 2.17. The molecule has 1 aliphatic rings. The van der Waals surface area contributed by atoms with Crippen molar-refractivity contribution in [2.45, 2.75) is 45.4 Å². The molecule has 0 unspecified atom stereocenters. The molecule has 1 saturated carbocycles. The number of rotatable bonds is 2. The number of hydrogen-bond donors (Lipinski definition) is 0. The summed E-state index contributed by atoms with van der Waals surface area (Å²) in [6, 6.07) is 0. The van der Waals surface area contributed by atoms with Crippen LogP contribution in [-0.4, -0.2) is 5.78 Å². The first-order valence-corrected chi connectivity index (χ1v) is 5.04. The molecule has 0 amide bonds. The highest BCUT2D eigenvalue weighted by Gasteiger charge is 2.13. The van der Waals surface area contributed by atoms with E-state index in [0.717, 1.165) is 12.8 Å². The van der Waals surface area contributed by atoms with E-state index >= 15 is 0 Å². The first-order chi connectivity index (χ1) is 5.75.